The van der Waals surface area contributed by atoms with Crippen molar-refractivity contribution in [3.63, 3.8) is 0 Å². The molecule has 0 bridgehead atoms. The average Bonchev–Trinajstić information content (AvgIpc) is 3.46. The second kappa shape index (κ2) is 7.28. The molecule has 0 unspecified atom stereocenters. The predicted octanol–water partition coefficient (Wildman–Crippen LogP) is 3.22. The van der Waals surface area contributed by atoms with Crippen LogP contribution in [-0.4, -0.2) is 31.5 Å². The third-order valence-electron chi connectivity index (χ3n) is 5.48. The number of hydrogen-bond acceptors (Lipinski definition) is 4. The van der Waals surface area contributed by atoms with E-state index >= 15 is 0 Å². The summed E-state index contributed by atoms with van der Waals surface area (Å²) >= 11 is 0. The Kier molecular flexibility index (Phi) is 4.81. The number of pyridine rings is 1. The monoisotopic (exact) mass is 379 g/mol. The zero-order valence-corrected chi connectivity index (χ0v) is 16.1. The summed E-state index contributed by atoms with van der Waals surface area (Å²) in [6.07, 6.45) is 3.84. The second-order valence-electron chi connectivity index (χ2n) is 7.56. The van der Waals surface area contributed by atoms with Crippen molar-refractivity contribution < 1.29 is 15.0 Å². The van der Waals surface area contributed by atoms with Gasteiger partial charge in [-0.05, 0) is 45.1 Å². The molecule has 1 aromatic carbocycles. The molecule has 3 N–H and O–H groups in total. The number of hydrogen-bond donors (Lipinski definition) is 3. The van der Waals surface area contributed by atoms with Crippen molar-refractivity contribution in [2.45, 2.75) is 51.7 Å². The number of amides is 1. The van der Waals surface area contributed by atoms with Gasteiger partial charge in [-0.3, -0.25) is 4.79 Å². The van der Waals surface area contributed by atoms with Gasteiger partial charge in [-0.1, -0.05) is 30.3 Å². The van der Waals surface area contributed by atoms with Crippen LogP contribution in [0.2, 0.25) is 0 Å². The largest absolute Gasteiger partial charge is 0.504 e. The minimum absolute atomic E-state index is 0.0138. The number of aliphatic hydroxyl groups excluding tert-OH is 1. The Morgan fingerprint density at radius 2 is 2.00 bits per heavy atom. The van der Waals surface area contributed by atoms with Crippen LogP contribution in [0.15, 0.2) is 36.5 Å². The van der Waals surface area contributed by atoms with Crippen molar-refractivity contribution in [3.8, 4) is 5.75 Å². The molecule has 1 atom stereocenters. The average molecular weight is 379 g/mol. The standard InChI is InChI=1S/C22H25N3O3/c1-13-14(2)25-12-18(22(28)24-16-8-9-16)17(20(27)21(25)23-13)10-11-19(26)15-6-4-3-5-7-15/h3-7,12,16,19,26-27H,8-11H2,1-2H3,(H,24,28)/t19-/m0/s1. The van der Waals surface area contributed by atoms with Crippen molar-refractivity contribution in [2.75, 3.05) is 0 Å². The number of fused-ring (bicyclic) bond motifs is 1. The summed E-state index contributed by atoms with van der Waals surface area (Å²) in [6.45, 7) is 3.79. The molecule has 1 saturated carbocycles. The lowest BCUT2D eigenvalue weighted by Crippen LogP contribution is -2.27. The lowest BCUT2D eigenvalue weighted by molar-refractivity contribution is 0.0948. The first kappa shape index (κ1) is 18.5. The summed E-state index contributed by atoms with van der Waals surface area (Å²) in [6, 6.07) is 9.63. The van der Waals surface area contributed by atoms with Crippen LogP contribution in [0, 0.1) is 13.8 Å². The van der Waals surface area contributed by atoms with Gasteiger partial charge in [0, 0.05) is 23.5 Å². The van der Waals surface area contributed by atoms with Gasteiger partial charge in [0.25, 0.3) is 5.91 Å². The summed E-state index contributed by atoms with van der Waals surface area (Å²) in [5.74, 6) is -0.172. The zero-order chi connectivity index (χ0) is 19.8. The number of aromatic nitrogens is 2. The first-order chi connectivity index (χ1) is 13.5. The summed E-state index contributed by atoms with van der Waals surface area (Å²) in [5.41, 5.74) is 3.94. The summed E-state index contributed by atoms with van der Waals surface area (Å²) in [4.78, 5) is 17.3. The molecule has 1 amide bonds. The van der Waals surface area contributed by atoms with Gasteiger partial charge < -0.3 is 19.9 Å². The Morgan fingerprint density at radius 3 is 2.68 bits per heavy atom. The lowest BCUT2D eigenvalue weighted by Gasteiger charge is -2.16. The Labute approximate surface area is 163 Å². The number of benzene rings is 1. The number of rotatable bonds is 6. The fourth-order valence-electron chi connectivity index (χ4n) is 3.48. The maximum Gasteiger partial charge on any atom is 0.253 e. The van der Waals surface area contributed by atoms with Crippen molar-refractivity contribution in [1.82, 2.24) is 14.7 Å². The summed E-state index contributed by atoms with van der Waals surface area (Å²) in [5, 5.41) is 24.4. The number of aliphatic hydroxyl groups is 1. The zero-order valence-electron chi connectivity index (χ0n) is 16.1. The van der Waals surface area contributed by atoms with E-state index in [9.17, 15) is 15.0 Å². The van der Waals surface area contributed by atoms with E-state index in [4.69, 9.17) is 0 Å². The van der Waals surface area contributed by atoms with Gasteiger partial charge in [0.1, 0.15) is 0 Å². The number of carbonyl (C=O) groups is 1. The molecule has 0 spiro atoms. The lowest BCUT2D eigenvalue weighted by atomic mass is 9.98. The third kappa shape index (κ3) is 3.47. The van der Waals surface area contributed by atoms with Crippen LogP contribution in [0.1, 0.15) is 58.2 Å². The van der Waals surface area contributed by atoms with Crippen LogP contribution in [-0.2, 0) is 6.42 Å². The molecule has 146 valence electrons. The highest BCUT2D eigenvalue weighted by Crippen LogP contribution is 2.32. The fourth-order valence-corrected chi connectivity index (χ4v) is 3.48. The fraction of sp³-hybridized carbons (Fsp3) is 0.364. The minimum atomic E-state index is -0.667. The molecule has 4 rings (SSSR count). The topological polar surface area (TPSA) is 86.9 Å². The van der Waals surface area contributed by atoms with Gasteiger partial charge in [-0.15, -0.1) is 0 Å². The molecule has 6 heteroatoms. The third-order valence-corrected chi connectivity index (χ3v) is 5.48. The van der Waals surface area contributed by atoms with Gasteiger partial charge in [-0.25, -0.2) is 4.98 Å². The molecule has 1 fully saturated rings. The highest BCUT2D eigenvalue weighted by Gasteiger charge is 2.27. The van der Waals surface area contributed by atoms with E-state index in [1.165, 1.54) is 0 Å². The highest BCUT2D eigenvalue weighted by molar-refractivity contribution is 5.97. The minimum Gasteiger partial charge on any atom is -0.504 e. The van der Waals surface area contributed by atoms with Crippen LogP contribution in [0.25, 0.3) is 5.65 Å². The normalized spacial score (nSPS) is 15.0. The molecule has 28 heavy (non-hydrogen) atoms. The number of nitrogens with zero attached hydrogens (tertiary/aromatic N) is 2. The van der Waals surface area contributed by atoms with E-state index < -0.39 is 6.10 Å². The van der Waals surface area contributed by atoms with E-state index in [1.54, 1.807) is 10.6 Å². The van der Waals surface area contributed by atoms with Gasteiger partial charge in [0.05, 0.1) is 17.4 Å². The molecular formula is C22H25N3O3. The quantitative estimate of drug-likeness (QED) is 0.614. The molecule has 6 nitrogen and oxygen atoms in total. The van der Waals surface area contributed by atoms with Gasteiger partial charge in [0.2, 0.25) is 0 Å². The molecule has 1 aliphatic rings. The van der Waals surface area contributed by atoms with Crippen LogP contribution >= 0.6 is 0 Å². The molecular weight excluding hydrogens is 354 g/mol. The number of aryl methyl sites for hydroxylation is 2. The molecule has 0 saturated heterocycles. The molecule has 1 aliphatic carbocycles. The van der Waals surface area contributed by atoms with Crippen LogP contribution in [0.5, 0.6) is 5.75 Å². The Hall–Kier alpha value is -2.86. The Balaban J connectivity index is 1.69. The number of carbonyl (C=O) groups excluding carboxylic acids is 1. The number of imidazole rings is 1. The van der Waals surface area contributed by atoms with Crippen LogP contribution in [0.3, 0.4) is 0 Å². The molecule has 0 radical (unpaired) electrons. The summed E-state index contributed by atoms with van der Waals surface area (Å²) < 4.78 is 1.77. The molecule has 2 heterocycles. The smallest absolute Gasteiger partial charge is 0.253 e. The maximum absolute atomic E-state index is 12.8. The first-order valence-corrected chi connectivity index (χ1v) is 9.69. The SMILES string of the molecule is Cc1nc2c(O)c(CC[C@H](O)c3ccccc3)c(C(=O)NC3CC3)cn2c1C. The van der Waals surface area contributed by atoms with Crippen LogP contribution < -0.4 is 5.32 Å². The molecule has 3 aromatic rings. The van der Waals surface area contributed by atoms with Crippen LogP contribution in [0.4, 0.5) is 0 Å². The van der Waals surface area contributed by atoms with E-state index in [0.29, 0.717) is 29.6 Å². The van der Waals surface area contributed by atoms with Crippen molar-refractivity contribution >= 4 is 11.6 Å². The highest BCUT2D eigenvalue weighted by atomic mass is 16.3. The van der Waals surface area contributed by atoms with Gasteiger partial charge in [-0.2, -0.15) is 0 Å². The van der Waals surface area contributed by atoms with E-state index in [-0.39, 0.29) is 17.7 Å². The van der Waals surface area contributed by atoms with Crippen molar-refractivity contribution in [3.05, 3.63) is 64.6 Å². The van der Waals surface area contributed by atoms with E-state index in [0.717, 1.165) is 29.8 Å². The van der Waals surface area contributed by atoms with Crippen molar-refractivity contribution in [2.24, 2.45) is 0 Å². The second-order valence-corrected chi connectivity index (χ2v) is 7.56. The van der Waals surface area contributed by atoms with Gasteiger partial charge in [0.15, 0.2) is 11.4 Å². The maximum atomic E-state index is 12.8. The van der Waals surface area contributed by atoms with E-state index in [2.05, 4.69) is 10.3 Å². The predicted molar refractivity (Wildman–Crippen MR) is 107 cm³/mol. The molecule has 2 aromatic heterocycles. The van der Waals surface area contributed by atoms with E-state index in [1.807, 2.05) is 44.2 Å². The number of nitrogens with one attached hydrogen (secondary N) is 1. The number of aromatic hydroxyl groups is 1. The Morgan fingerprint density at radius 1 is 1.29 bits per heavy atom. The van der Waals surface area contributed by atoms with Crippen molar-refractivity contribution in [1.29, 1.82) is 0 Å². The molecule has 0 aliphatic heterocycles. The first-order valence-electron chi connectivity index (χ1n) is 9.69. The van der Waals surface area contributed by atoms with Gasteiger partial charge >= 0.3 is 0 Å². The Bertz CT molecular complexity index is 1020. The summed E-state index contributed by atoms with van der Waals surface area (Å²) in [7, 11) is 0.